The summed E-state index contributed by atoms with van der Waals surface area (Å²) < 4.78 is 196. The standard InChI is InChI=1S/C85H102F2N8O26S4/c1-83(2)64-47-62(124(111,112)113)26-28-68(64)93(34-7-9-40-122(105,106)107)72(83)30-21-56-12-11-13-57(22-31-73-84(3,4)65-48-63(125(114,115)116)27-29-69(65)94(73)35-8-10-41-123(108,109)110)78(56)121-60-23-18-53(19-24-60)42-67(82(103)104)91-74(96)32-36-119-38-39-120-37-33-88-75(97)43-54-14-16-55(17-15-54)50-89-76(98)45-59-44-66(92-79(59)100)81(102)95-52-85(86,87)49-70(95)77(99)80(101)90-51-58-20-25-61(117-5)46-71(58)118-6/h14-31,46-48,59,66-67,70H,7-13,32-45,49-52H2,1-6H3,(H9-,88,89,90,91,92,96,97,98,100,101,103,104,105,106,107,108,109,110,111,112,113,114,115,116)/p+1/t59-,66-,67-,70-/m0/s1. The van der Waals surface area contributed by atoms with Crippen molar-refractivity contribution in [2.75, 3.05) is 83.2 Å². The number of ketones is 1. The molecule has 0 aromatic heterocycles. The molecular formula is C85H103F2N8O26S4+. The van der Waals surface area contributed by atoms with E-state index in [-0.39, 0.29) is 133 Å². The highest BCUT2D eigenvalue weighted by Crippen LogP contribution is 2.50. The van der Waals surface area contributed by atoms with Gasteiger partial charge in [0.25, 0.3) is 52.3 Å². The number of ether oxygens (including phenoxy) is 5. The van der Waals surface area contributed by atoms with Gasteiger partial charge in [-0.05, 0) is 159 Å². The van der Waals surface area contributed by atoms with Gasteiger partial charge in [0.15, 0.2) is 5.71 Å². The van der Waals surface area contributed by atoms with Crippen LogP contribution < -0.4 is 45.7 Å². The van der Waals surface area contributed by atoms with E-state index in [0.717, 1.165) is 0 Å². The number of hydrogen-bond donors (Lipinski definition) is 10. The van der Waals surface area contributed by atoms with Crippen LogP contribution in [0.4, 0.5) is 20.2 Å². The van der Waals surface area contributed by atoms with E-state index >= 15 is 0 Å². The number of aliphatic carboxylic acids is 1. The Morgan fingerprint density at radius 3 is 1.96 bits per heavy atom. The number of nitrogens with zero attached hydrogens (tertiary/aromatic N) is 3. The van der Waals surface area contributed by atoms with Gasteiger partial charge in [-0.2, -0.15) is 38.2 Å². The first-order valence-electron chi connectivity index (χ1n) is 40.3. The number of carboxylic acid groups (broad SMARTS) is 1. The molecule has 4 aliphatic heterocycles. The number of carboxylic acids is 1. The Morgan fingerprint density at radius 2 is 1.30 bits per heavy atom. The molecule has 40 heteroatoms. The Hall–Kier alpha value is -10.7. The number of benzene rings is 5. The Morgan fingerprint density at radius 1 is 0.664 bits per heavy atom. The molecule has 10 rings (SSSR count). The molecule has 10 N–H and O–H groups in total. The summed E-state index contributed by atoms with van der Waals surface area (Å²) in [5.41, 5.74) is 5.36. The summed E-state index contributed by atoms with van der Waals surface area (Å²) >= 11 is 0. The zero-order valence-electron chi connectivity index (χ0n) is 69.7. The van der Waals surface area contributed by atoms with Gasteiger partial charge in [0.1, 0.15) is 47.7 Å². The quantitative estimate of drug-likeness (QED) is 0.00803. The van der Waals surface area contributed by atoms with Crippen molar-refractivity contribution < 1.29 is 132 Å². The number of carbonyl (C=O) groups excluding carboxylic acids is 7. The number of unbranched alkanes of at least 4 members (excludes halogenated alkanes) is 2. The lowest BCUT2D eigenvalue weighted by Gasteiger charge is -2.27. The fraction of sp³-hybridized carbons (Fsp3) is 0.447. The maximum atomic E-state index is 14.8. The number of anilines is 1. The molecule has 0 bridgehead atoms. The summed E-state index contributed by atoms with van der Waals surface area (Å²) in [5, 5.41) is 23.1. The summed E-state index contributed by atoms with van der Waals surface area (Å²) in [5.74, 6) is -10.9. The van der Waals surface area contributed by atoms with E-state index < -0.39 is 147 Å². The number of hydrogen-bond acceptors (Lipinski definition) is 22. The molecular weight excluding hydrogens is 1720 g/mol. The van der Waals surface area contributed by atoms with Crippen LogP contribution in [0.25, 0.3) is 0 Å². The molecule has 5 aromatic rings. The first kappa shape index (κ1) is 96.5. The first-order chi connectivity index (χ1) is 58.8. The number of methoxy groups -OCH3 is 2. The molecule has 0 saturated carbocycles. The highest BCUT2D eigenvalue weighted by atomic mass is 32.2. The Kier molecular flexibility index (Phi) is 31.8. The van der Waals surface area contributed by atoms with E-state index in [1.54, 1.807) is 78.9 Å². The zero-order chi connectivity index (χ0) is 91.2. The number of alkyl halides is 2. The summed E-state index contributed by atoms with van der Waals surface area (Å²) in [6, 6.07) is 21.9. The largest absolute Gasteiger partial charge is 0.497 e. The lowest BCUT2D eigenvalue weighted by Crippen LogP contribution is -2.51. The predicted molar refractivity (Wildman–Crippen MR) is 451 cm³/mol. The third-order valence-electron chi connectivity index (χ3n) is 22.2. The molecule has 4 heterocycles. The molecule has 34 nitrogen and oxygen atoms in total. The van der Waals surface area contributed by atoms with Crippen molar-refractivity contribution in [3.05, 3.63) is 183 Å². The van der Waals surface area contributed by atoms with Crippen LogP contribution in [0, 0.1) is 5.92 Å². The Bertz CT molecular complexity index is 5580. The van der Waals surface area contributed by atoms with Crippen LogP contribution >= 0.6 is 0 Å². The molecule has 4 atom stereocenters. The first-order valence-corrected chi connectivity index (χ1v) is 46.4. The van der Waals surface area contributed by atoms with Crippen LogP contribution in [0.3, 0.4) is 0 Å². The van der Waals surface area contributed by atoms with Crippen LogP contribution in [0.15, 0.2) is 160 Å². The normalized spacial score (nSPS) is 18.8. The second-order valence-corrected chi connectivity index (χ2v) is 38.0. The summed E-state index contributed by atoms with van der Waals surface area (Å²) in [6.07, 6.45) is 7.62. The smallest absolute Gasteiger partial charge is 0.326 e. The monoisotopic (exact) mass is 1820 g/mol. The minimum atomic E-state index is -4.65. The van der Waals surface area contributed by atoms with Crippen LogP contribution in [-0.4, -0.2) is 222 Å². The van der Waals surface area contributed by atoms with Crippen molar-refractivity contribution in [1.82, 2.24) is 31.5 Å². The minimum absolute atomic E-state index is 0.00546. The van der Waals surface area contributed by atoms with E-state index in [0.29, 0.717) is 114 Å². The number of carbonyl (C=O) groups is 8. The maximum Gasteiger partial charge on any atom is 0.326 e. The third-order valence-corrected chi connectivity index (χ3v) is 25.5. The van der Waals surface area contributed by atoms with Crippen LogP contribution in [-0.2, 0) is 125 Å². The molecule has 676 valence electrons. The van der Waals surface area contributed by atoms with Crippen molar-refractivity contribution in [1.29, 1.82) is 0 Å². The summed E-state index contributed by atoms with van der Waals surface area (Å²) in [4.78, 5) is 106. The predicted octanol–water partition coefficient (Wildman–Crippen LogP) is 7.12. The number of allylic oxidation sites excluding steroid dienone is 7. The van der Waals surface area contributed by atoms with Crippen molar-refractivity contribution >= 4 is 105 Å². The van der Waals surface area contributed by atoms with Crippen LogP contribution in [0.5, 0.6) is 17.2 Å². The SMILES string of the molecule is COc1ccc(CNC(=O)C(=O)[C@@H]2CC(F)(F)CN2C(=O)[C@@H]2C[C@@H](CC(=O)NCc3ccc(CC(=O)NCCOCCOCCC(=O)N[C@@H](Cc4ccc(OC5=C(/C=C/C6=[N+](CCCCS(=O)(=O)O)c7ccc(S(=O)(=O)O)cc7C6(C)C)CCC/C5=C\C=C5\N(CCCCS(=O)(=O)O)c6ccc(S(=O)(=O)O)cc6C5(C)C)cc4)C(=O)O)cc3)C(=O)N2)c(OC)c1. The van der Waals surface area contributed by atoms with Crippen molar-refractivity contribution in [2.45, 2.75) is 169 Å². The molecule has 0 unspecified atom stereocenters. The van der Waals surface area contributed by atoms with Crippen molar-refractivity contribution in [3.63, 3.8) is 0 Å². The van der Waals surface area contributed by atoms with Gasteiger partial charge in [0.05, 0.1) is 80.3 Å². The van der Waals surface area contributed by atoms with E-state index in [2.05, 4.69) is 26.6 Å². The molecule has 2 saturated heterocycles. The lowest BCUT2D eigenvalue weighted by molar-refractivity contribution is -0.438. The van der Waals surface area contributed by atoms with E-state index in [1.807, 2.05) is 61.5 Å². The van der Waals surface area contributed by atoms with Gasteiger partial charge in [-0.3, -0.25) is 51.8 Å². The van der Waals surface area contributed by atoms with Gasteiger partial charge in [-0.15, -0.1) is 0 Å². The van der Waals surface area contributed by atoms with Gasteiger partial charge < -0.3 is 65.2 Å². The molecule has 5 aromatic carbocycles. The van der Waals surface area contributed by atoms with Crippen LogP contribution in [0.1, 0.15) is 132 Å². The minimum Gasteiger partial charge on any atom is -0.497 e. The summed E-state index contributed by atoms with van der Waals surface area (Å²) in [6.45, 7) is 6.92. The van der Waals surface area contributed by atoms with E-state index in [1.165, 1.54) is 38.5 Å². The fourth-order valence-electron chi connectivity index (χ4n) is 15.7. The van der Waals surface area contributed by atoms with Crippen LogP contribution in [0.2, 0.25) is 0 Å². The number of Topliss-reactive ketones (excluding diaryl/α,β-unsaturated/α-hetero) is 1. The molecule has 0 radical (unpaired) electrons. The van der Waals surface area contributed by atoms with Gasteiger partial charge in [-0.1, -0.05) is 56.3 Å². The topological polar surface area (TPSA) is 490 Å². The molecule has 125 heavy (non-hydrogen) atoms. The van der Waals surface area contributed by atoms with Gasteiger partial charge in [-0.25, -0.2) is 13.6 Å². The molecule has 1 aliphatic carbocycles. The van der Waals surface area contributed by atoms with E-state index in [4.69, 9.17) is 23.7 Å². The number of amides is 6. The van der Waals surface area contributed by atoms with Gasteiger partial charge in [0, 0.05) is 110 Å². The van der Waals surface area contributed by atoms with Crippen molar-refractivity contribution in [3.8, 4) is 17.2 Å². The third kappa shape index (κ3) is 26.0. The maximum absolute atomic E-state index is 14.8. The lowest BCUT2D eigenvalue weighted by atomic mass is 9.81. The number of halogens is 2. The van der Waals surface area contributed by atoms with E-state index in [9.17, 15) is 104 Å². The number of fused-ring (bicyclic) bond motifs is 2. The second kappa shape index (κ2) is 41.2. The van der Waals surface area contributed by atoms with Crippen molar-refractivity contribution in [2.24, 2.45) is 5.92 Å². The van der Waals surface area contributed by atoms with Gasteiger partial charge in [0.2, 0.25) is 41.0 Å². The number of likely N-dealkylation sites (tertiary alicyclic amines) is 1. The average molecular weight is 1820 g/mol. The number of rotatable bonds is 43. The highest BCUT2D eigenvalue weighted by Gasteiger charge is 2.54. The highest BCUT2D eigenvalue weighted by molar-refractivity contribution is 7.86. The zero-order valence-corrected chi connectivity index (χ0v) is 72.9. The second-order valence-electron chi connectivity index (χ2n) is 32.0. The number of nitrogens with one attached hydrogen (secondary N) is 5. The molecule has 5 aliphatic rings. The fourth-order valence-corrected chi connectivity index (χ4v) is 17.8. The Balaban J connectivity index is 0.693. The summed E-state index contributed by atoms with van der Waals surface area (Å²) in [7, 11) is -15.1. The molecule has 6 amide bonds. The average Bonchev–Trinajstić information content (AvgIpc) is 1.59. The molecule has 0 spiro atoms. The molecule has 2 fully saturated rings. The van der Waals surface area contributed by atoms with Gasteiger partial charge >= 0.3 is 5.97 Å². The Labute approximate surface area is 723 Å².